The highest BCUT2D eigenvalue weighted by atomic mass is 127. The Morgan fingerprint density at radius 3 is 2.53 bits per heavy atom. The molecule has 3 rings (SSSR count). The number of nitrogen functional groups attached to an aromatic ring is 1. The van der Waals surface area contributed by atoms with Gasteiger partial charge in [0, 0.05) is 21.4 Å². The number of nitrogens with two attached hydrogens (primary N) is 1. The number of hydrogen-bond acceptors (Lipinski definition) is 4. The van der Waals surface area contributed by atoms with Crippen LogP contribution in [0.5, 0.6) is 11.5 Å². The van der Waals surface area contributed by atoms with E-state index in [1.54, 1.807) is 6.07 Å². The summed E-state index contributed by atoms with van der Waals surface area (Å²) in [5, 5.41) is 3.30. The smallest absolute Gasteiger partial charge is 0.163 e. The second kappa shape index (κ2) is 5.16. The first-order valence-corrected chi connectivity index (χ1v) is 7.02. The molecule has 5 heteroatoms. The molecule has 0 spiro atoms. The quantitative estimate of drug-likeness (QED) is 0.630. The van der Waals surface area contributed by atoms with Crippen LogP contribution >= 0.6 is 22.6 Å². The molecule has 1 aliphatic heterocycles. The molecule has 0 radical (unpaired) electrons. The fourth-order valence-corrected chi connectivity index (χ4v) is 2.48. The highest BCUT2D eigenvalue weighted by Gasteiger charge is 2.14. The lowest BCUT2D eigenvalue weighted by atomic mass is 10.2. The number of nitrogens with one attached hydrogen (secondary N) is 1. The summed E-state index contributed by atoms with van der Waals surface area (Å²) in [5.41, 5.74) is 8.49. The summed E-state index contributed by atoms with van der Waals surface area (Å²) in [7, 11) is 0. The van der Waals surface area contributed by atoms with Crippen LogP contribution in [-0.2, 0) is 0 Å². The zero-order valence-corrected chi connectivity index (χ0v) is 12.3. The average Bonchev–Trinajstić information content (AvgIpc) is 2.40. The molecule has 0 saturated carbocycles. The topological polar surface area (TPSA) is 56.5 Å². The van der Waals surface area contributed by atoms with E-state index in [-0.39, 0.29) is 0 Å². The van der Waals surface area contributed by atoms with Crippen molar-refractivity contribution in [3.63, 3.8) is 0 Å². The molecule has 3 N–H and O–H groups in total. The van der Waals surface area contributed by atoms with Crippen molar-refractivity contribution in [1.82, 2.24) is 0 Å². The molecule has 19 heavy (non-hydrogen) atoms. The zero-order chi connectivity index (χ0) is 13.2. The van der Waals surface area contributed by atoms with E-state index >= 15 is 0 Å². The normalized spacial score (nSPS) is 13.1. The lowest BCUT2D eigenvalue weighted by Gasteiger charge is -2.20. The van der Waals surface area contributed by atoms with E-state index in [0.717, 1.165) is 17.1 Å². The van der Waals surface area contributed by atoms with Gasteiger partial charge >= 0.3 is 0 Å². The van der Waals surface area contributed by atoms with Gasteiger partial charge in [-0.2, -0.15) is 0 Å². The Morgan fingerprint density at radius 1 is 1.05 bits per heavy atom. The maximum Gasteiger partial charge on any atom is 0.163 e. The van der Waals surface area contributed by atoms with Crippen LogP contribution in [0.1, 0.15) is 0 Å². The van der Waals surface area contributed by atoms with E-state index in [2.05, 4.69) is 34.0 Å². The zero-order valence-electron chi connectivity index (χ0n) is 10.2. The molecule has 0 aromatic heterocycles. The summed E-state index contributed by atoms with van der Waals surface area (Å²) in [6.07, 6.45) is 0. The van der Waals surface area contributed by atoms with Crippen LogP contribution in [0.3, 0.4) is 0 Å². The molecule has 2 aromatic rings. The van der Waals surface area contributed by atoms with Crippen LogP contribution in [0, 0.1) is 3.57 Å². The van der Waals surface area contributed by atoms with Crippen LogP contribution in [0.2, 0.25) is 0 Å². The van der Waals surface area contributed by atoms with Crippen molar-refractivity contribution < 1.29 is 9.47 Å². The molecule has 0 fully saturated rings. The molecule has 2 aromatic carbocycles. The maximum absolute atomic E-state index is 6.03. The predicted octanol–water partition coefficient (Wildman–Crippen LogP) is 3.39. The molecule has 0 amide bonds. The van der Waals surface area contributed by atoms with Crippen molar-refractivity contribution in [3.8, 4) is 11.5 Å². The van der Waals surface area contributed by atoms with E-state index < -0.39 is 0 Å². The van der Waals surface area contributed by atoms with E-state index in [1.807, 2.05) is 24.3 Å². The summed E-state index contributed by atoms with van der Waals surface area (Å²) in [6, 6.07) is 11.8. The summed E-state index contributed by atoms with van der Waals surface area (Å²) in [5.74, 6) is 1.44. The van der Waals surface area contributed by atoms with Gasteiger partial charge in [0.15, 0.2) is 11.5 Å². The van der Waals surface area contributed by atoms with Gasteiger partial charge in [0.2, 0.25) is 0 Å². The third-order valence-corrected chi connectivity index (χ3v) is 3.49. The van der Waals surface area contributed by atoms with Gasteiger partial charge in [-0.25, -0.2) is 0 Å². The molecular formula is C14H13IN2O2. The lowest BCUT2D eigenvalue weighted by Crippen LogP contribution is -2.15. The number of ether oxygens (including phenoxy) is 2. The second-order valence-electron chi connectivity index (χ2n) is 4.22. The van der Waals surface area contributed by atoms with Gasteiger partial charge < -0.3 is 20.5 Å². The maximum atomic E-state index is 6.03. The Hall–Kier alpha value is -1.63. The molecule has 1 aliphatic rings. The van der Waals surface area contributed by atoms with Gasteiger partial charge in [0.25, 0.3) is 0 Å². The van der Waals surface area contributed by atoms with Gasteiger partial charge in [-0.1, -0.05) is 6.07 Å². The van der Waals surface area contributed by atoms with Crippen molar-refractivity contribution in [2.24, 2.45) is 0 Å². The SMILES string of the molecule is Nc1cc2c(cc1Nc1cccc(I)c1)OCCO2. The molecule has 0 saturated heterocycles. The Bertz CT molecular complexity index is 616. The first kappa shape index (κ1) is 12.4. The van der Waals surface area contributed by atoms with Crippen molar-refractivity contribution in [2.75, 3.05) is 24.3 Å². The fraction of sp³-hybridized carbons (Fsp3) is 0.143. The Labute approximate surface area is 125 Å². The predicted molar refractivity (Wildman–Crippen MR) is 84.3 cm³/mol. The minimum atomic E-state index is 0.566. The van der Waals surface area contributed by atoms with Crippen LogP contribution in [0.15, 0.2) is 36.4 Å². The minimum Gasteiger partial charge on any atom is -0.486 e. The van der Waals surface area contributed by atoms with E-state index in [9.17, 15) is 0 Å². The monoisotopic (exact) mass is 368 g/mol. The van der Waals surface area contributed by atoms with Crippen molar-refractivity contribution in [3.05, 3.63) is 40.0 Å². The molecule has 98 valence electrons. The Kier molecular flexibility index (Phi) is 3.37. The van der Waals surface area contributed by atoms with Crippen LogP contribution in [-0.4, -0.2) is 13.2 Å². The van der Waals surface area contributed by atoms with Gasteiger partial charge in [0.1, 0.15) is 13.2 Å². The molecule has 0 atom stereocenters. The molecule has 0 bridgehead atoms. The molecule has 0 aliphatic carbocycles. The minimum absolute atomic E-state index is 0.566. The fourth-order valence-electron chi connectivity index (χ4n) is 1.93. The van der Waals surface area contributed by atoms with Crippen LogP contribution < -0.4 is 20.5 Å². The number of rotatable bonds is 2. The van der Waals surface area contributed by atoms with Crippen molar-refractivity contribution in [1.29, 1.82) is 0 Å². The van der Waals surface area contributed by atoms with E-state index in [0.29, 0.717) is 24.7 Å². The molecule has 0 unspecified atom stereocenters. The van der Waals surface area contributed by atoms with Gasteiger partial charge in [-0.05, 0) is 40.8 Å². The highest BCUT2D eigenvalue weighted by Crippen LogP contribution is 2.38. The largest absolute Gasteiger partial charge is 0.486 e. The molecular weight excluding hydrogens is 355 g/mol. The van der Waals surface area contributed by atoms with Gasteiger partial charge in [-0.15, -0.1) is 0 Å². The van der Waals surface area contributed by atoms with E-state index in [1.165, 1.54) is 3.57 Å². The highest BCUT2D eigenvalue weighted by molar-refractivity contribution is 14.1. The first-order chi connectivity index (χ1) is 9.22. The average molecular weight is 368 g/mol. The standard InChI is InChI=1S/C14H13IN2O2/c15-9-2-1-3-10(6-9)17-12-8-14-13(7-11(12)16)18-4-5-19-14/h1-3,6-8,17H,4-5,16H2. The Balaban J connectivity index is 1.92. The number of hydrogen-bond donors (Lipinski definition) is 2. The summed E-state index contributed by atoms with van der Waals surface area (Å²) in [4.78, 5) is 0. The number of anilines is 3. The van der Waals surface area contributed by atoms with Crippen LogP contribution in [0.4, 0.5) is 17.1 Å². The third kappa shape index (κ3) is 2.70. The molecule has 4 nitrogen and oxygen atoms in total. The number of halogens is 1. The van der Waals surface area contributed by atoms with Gasteiger partial charge in [-0.3, -0.25) is 0 Å². The second-order valence-corrected chi connectivity index (χ2v) is 5.46. The third-order valence-electron chi connectivity index (χ3n) is 2.82. The number of benzene rings is 2. The first-order valence-electron chi connectivity index (χ1n) is 5.94. The molecule has 1 heterocycles. The number of fused-ring (bicyclic) bond motifs is 1. The lowest BCUT2D eigenvalue weighted by molar-refractivity contribution is 0.172. The van der Waals surface area contributed by atoms with Crippen LogP contribution in [0.25, 0.3) is 0 Å². The van der Waals surface area contributed by atoms with Crippen molar-refractivity contribution >= 4 is 39.7 Å². The van der Waals surface area contributed by atoms with E-state index in [4.69, 9.17) is 15.2 Å². The van der Waals surface area contributed by atoms with Crippen molar-refractivity contribution in [2.45, 2.75) is 0 Å². The summed E-state index contributed by atoms with van der Waals surface area (Å²) < 4.78 is 12.2. The summed E-state index contributed by atoms with van der Waals surface area (Å²) in [6.45, 7) is 1.13. The Morgan fingerprint density at radius 2 is 1.79 bits per heavy atom. The van der Waals surface area contributed by atoms with Gasteiger partial charge in [0.05, 0.1) is 11.4 Å². The summed E-state index contributed by atoms with van der Waals surface area (Å²) >= 11 is 2.28.